The Morgan fingerprint density at radius 1 is 1.36 bits per heavy atom. The second-order valence-corrected chi connectivity index (χ2v) is 3.71. The van der Waals surface area contributed by atoms with Crippen molar-refractivity contribution in [1.82, 2.24) is 0 Å². The normalized spacial score (nSPS) is 15.3. The number of benzene rings is 1. The molecule has 0 aliphatic heterocycles. The van der Waals surface area contributed by atoms with Crippen LogP contribution >= 0.6 is 0 Å². The van der Waals surface area contributed by atoms with Crippen LogP contribution in [-0.2, 0) is 0 Å². The molecular weight excluding hydrogens is 181 g/mol. The number of hydrogen-bond acceptors (Lipinski definition) is 2. The van der Waals surface area contributed by atoms with Crippen LogP contribution in [0.5, 0.6) is 0 Å². The zero-order valence-electron chi connectivity index (χ0n) is 8.71. The summed E-state index contributed by atoms with van der Waals surface area (Å²) in [5.41, 5.74) is 7.19. The smallest absolute Gasteiger partial charge is 0.129 e. The molecule has 0 fully saturated rings. The fourth-order valence-corrected chi connectivity index (χ4v) is 1.44. The molecule has 2 nitrogen and oxygen atoms in total. The maximum atomic E-state index is 13.5. The highest BCUT2D eigenvalue weighted by molar-refractivity contribution is 5.34. The first-order valence-corrected chi connectivity index (χ1v) is 4.64. The van der Waals surface area contributed by atoms with Crippen LogP contribution in [0.1, 0.15) is 29.7 Å². The highest BCUT2D eigenvalue weighted by Crippen LogP contribution is 2.23. The van der Waals surface area contributed by atoms with Crippen LogP contribution in [0.2, 0.25) is 0 Å². The Hall–Kier alpha value is -0.930. The lowest BCUT2D eigenvalue weighted by Crippen LogP contribution is -2.25. The van der Waals surface area contributed by atoms with Gasteiger partial charge in [-0.3, -0.25) is 0 Å². The monoisotopic (exact) mass is 197 g/mol. The van der Waals surface area contributed by atoms with Gasteiger partial charge in [-0.05, 0) is 37.5 Å². The molecule has 0 radical (unpaired) electrons. The van der Waals surface area contributed by atoms with E-state index >= 15 is 0 Å². The van der Waals surface area contributed by atoms with E-state index in [1.807, 2.05) is 0 Å². The Balaban J connectivity index is 3.17. The number of hydrogen-bond donors (Lipinski definition) is 2. The van der Waals surface area contributed by atoms with Crippen molar-refractivity contribution in [3.8, 4) is 0 Å². The summed E-state index contributed by atoms with van der Waals surface area (Å²) in [5.74, 6) is -0.262. The van der Waals surface area contributed by atoms with Gasteiger partial charge in [0, 0.05) is 6.04 Å². The number of aryl methyl sites for hydroxylation is 1. The third-order valence-corrected chi connectivity index (χ3v) is 2.44. The summed E-state index contributed by atoms with van der Waals surface area (Å²) in [4.78, 5) is 0. The van der Waals surface area contributed by atoms with Gasteiger partial charge in [-0.1, -0.05) is 12.1 Å². The lowest BCUT2D eigenvalue weighted by Gasteiger charge is -2.18. The van der Waals surface area contributed by atoms with Crippen LogP contribution in [0.15, 0.2) is 12.1 Å². The van der Waals surface area contributed by atoms with Crippen molar-refractivity contribution < 1.29 is 9.50 Å². The van der Waals surface area contributed by atoms with Gasteiger partial charge >= 0.3 is 0 Å². The predicted molar refractivity (Wildman–Crippen MR) is 54.5 cm³/mol. The zero-order chi connectivity index (χ0) is 10.9. The van der Waals surface area contributed by atoms with E-state index in [9.17, 15) is 9.50 Å². The molecule has 14 heavy (non-hydrogen) atoms. The maximum Gasteiger partial charge on any atom is 0.129 e. The first-order chi connectivity index (χ1) is 6.45. The predicted octanol–water partition coefficient (Wildman–Crippen LogP) is 1.82. The molecule has 0 amide bonds. The average Bonchev–Trinajstić information content (AvgIpc) is 2.13. The Kier molecular flexibility index (Phi) is 3.24. The fourth-order valence-electron chi connectivity index (χ4n) is 1.44. The van der Waals surface area contributed by atoms with Gasteiger partial charge in [0.15, 0.2) is 0 Å². The summed E-state index contributed by atoms with van der Waals surface area (Å²) in [5, 5.41) is 9.70. The SMILES string of the molecule is Cc1ccc(C(O)C(C)N)c(C)c1F. The molecule has 0 aromatic heterocycles. The zero-order valence-corrected chi connectivity index (χ0v) is 8.71. The quantitative estimate of drug-likeness (QED) is 0.759. The number of aliphatic hydroxyl groups is 1. The van der Waals surface area contributed by atoms with Crippen LogP contribution in [0, 0.1) is 19.7 Å². The minimum atomic E-state index is -0.801. The van der Waals surface area contributed by atoms with Gasteiger partial charge in [0.1, 0.15) is 5.82 Å². The molecule has 1 aromatic rings. The van der Waals surface area contributed by atoms with E-state index in [1.165, 1.54) is 0 Å². The molecule has 0 aliphatic carbocycles. The molecule has 1 rings (SSSR count). The van der Waals surface area contributed by atoms with E-state index in [0.717, 1.165) is 0 Å². The molecule has 0 heterocycles. The van der Waals surface area contributed by atoms with Crippen molar-refractivity contribution in [2.24, 2.45) is 5.73 Å². The van der Waals surface area contributed by atoms with E-state index in [2.05, 4.69) is 0 Å². The molecular formula is C11H16FNO. The van der Waals surface area contributed by atoms with Gasteiger partial charge in [-0.15, -0.1) is 0 Å². The molecule has 3 N–H and O–H groups in total. The molecule has 78 valence electrons. The van der Waals surface area contributed by atoms with Gasteiger partial charge in [-0.25, -0.2) is 4.39 Å². The summed E-state index contributed by atoms with van der Waals surface area (Å²) in [6.07, 6.45) is -0.801. The second-order valence-electron chi connectivity index (χ2n) is 3.71. The summed E-state index contributed by atoms with van der Waals surface area (Å²) in [6.45, 7) is 5.05. The number of nitrogens with two attached hydrogens (primary N) is 1. The van der Waals surface area contributed by atoms with Gasteiger partial charge in [-0.2, -0.15) is 0 Å². The van der Waals surface area contributed by atoms with Crippen molar-refractivity contribution >= 4 is 0 Å². The van der Waals surface area contributed by atoms with E-state index in [4.69, 9.17) is 5.73 Å². The van der Waals surface area contributed by atoms with Crippen LogP contribution < -0.4 is 5.73 Å². The Labute approximate surface area is 83.6 Å². The third-order valence-electron chi connectivity index (χ3n) is 2.44. The molecule has 0 saturated heterocycles. The minimum absolute atomic E-state index is 0.262. The largest absolute Gasteiger partial charge is 0.387 e. The lowest BCUT2D eigenvalue weighted by molar-refractivity contribution is 0.152. The van der Waals surface area contributed by atoms with Crippen LogP contribution in [0.25, 0.3) is 0 Å². The van der Waals surface area contributed by atoms with Gasteiger partial charge < -0.3 is 10.8 Å². The summed E-state index contributed by atoms with van der Waals surface area (Å²) in [6, 6.07) is 2.99. The van der Waals surface area contributed by atoms with E-state index < -0.39 is 12.1 Å². The van der Waals surface area contributed by atoms with Crippen LogP contribution in [0.3, 0.4) is 0 Å². The van der Waals surface area contributed by atoms with Gasteiger partial charge in [0.2, 0.25) is 0 Å². The second kappa shape index (κ2) is 4.07. The summed E-state index contributed by atoms with van der Waals surface area (Å²) >= 11 is 0. The molecule has 1 aromatic carbocycles. The average molecular weight is 197 g/mol. The Morgan fingerprint density at radius 3 is 2.43 bits per heavy atom. The standard InChI is InChI=1S/C11H16FNO/c1-6-4-5-9(7(2)10(6)12)11(14)8(3)13/h4-5,8,11,14H,13H2,1-3H3. The number of halogens is 1. The minimum Gasteiger partial charge on any atom is -0.387 e. The van der Waals surface area contributed by atoms with Gasteiger partial charge in [0.05, 0.1) is 6.10 Å². The first-order valence-electron chi connectivity index (χ1n) is 4.64. The van der Waals surface area contributed by atoms with Crippen LogP contribution in [-0.4, -0.2) is 11.1 Å². The number of rotatable bonds is 2. The Morgan fingerprint density at radius 2 is 1.93 bits per heavy atom. The molecule has 2 unspecified atom stereocenters. The highest BCUT2D eigenvalue weighted by Gasteiger charge is 2.17. The molecule has 3 heteroatoms. The number of aliphatic hydroxyl groups excluding tert-OH is 1. The summed E-state index contributed by atoms with van der Waals surface area (Å²) in [7, 11) is 0. The lowest BCUT2D eigenvalue weighted by atomic mass is 9.97. The molecule has 0 aliphatic rings. The third kappa shape index (κ3) is 1.94. The van der Waals surface area contributed by atoms with E-state index in [1.54, 1.807) is 32.9 Å². The van der Waals surface area contributed by atoms with Crippen LogP contribution in [0.4, 0.5) is 4.39 Å². The van der Waals surface area contributed by atoms with E-state index in [-0.39, 0.29) is 5.82 Å². The maximum absolute atomic E-state index is 13.5. The molecule has 0 bridgehead atoms. The molecule has 0 saturated carbocycles. The van der Waals surface area contributed by atoms with E-state index in [0.29, 0.717) is 16.7 Å². The highest BCUT2D eigenvalue weighted by atomic mass is 19.1. The molecule has 0 spiro atoms. The molecule has 2 atom stereocenters. The van der Waals surface area contributed by atoms with Crippen molar-refractivity contribution in [1.29, 1.82) is 0 Å². The Bertz CT molecular complexity index is 336. The topological polar surface area (TPSA) is 46.2 Å². The van der Waals surface area contributed by atoms with Crippen molar-refractivity contribution in [3.63, 3.8) is 0 Å². The van der Waals surface area contributed by atoms with Crippen molar-refractivity contribution in [3.05, 3.63) is 34.6 Å². The van der Waals surface area contributed by atoms with Crippen molar-refractivity contribution in [2.45, 2.75) is 32.9 Å². The van der Waals surface area contributed by atoms with Crippen molar-refractivity contribution in [2.75, 3.05) is 0 Å². The summed E-state index contributed by atoms with van der Waals surface area (Å²) < 4.78 is 13.5. The van der Waals surface area contributed by atoms with Gasteiger partial charge in [0.25, 0.3) is 0 Å². The first kappa shape index (κ1) is 11.1. The fraction of sp³-hybridized carbons (Fsp3) is 0.455.